The predicted octanol–water partition coefficient (Wildman–Crippen LogP) is 1.53. The van der Waals surface area contributed by atoms with Gasteiger partial charge in [0.2, 0.25) is 0 Å². The van der Waals surface area contributed by atoms with Gasteiger partial charge in [-0.3, -0.25) is 0 Å². The molecule has 1 aliphatic carbocycles. The van der Waals surface area contributed by atoms with E-state index in [-0.39, 0.29) is 16.7 Å². The molecule has 6 nitrogen and oxygen atoms in total. The van der Waals surface area contributed by atoms with Crippen LogP contribution in [0.2, 0.25) is 0 Å². The van der Waals surface area contributed by atoms with Gasteiger partial charge in [-0.05, 0) is 16.7 Å². The molecule has 3 aromatic carbocycles. The average Bonchev–Trinajstić information content (AvgIpc) is 3.33. The van der Waals surface area contributed by atoms with Crippen molar-refractivity contribution in [2.45, 2.75) is 6.42 Å². The van der Waals surface area contributed by atoms with Crippen LogP contribution in [0.4, 0.5) is 0 Å². The first-order chi connectivity index (χ1) is 15.8. The summed E-state index contributed by atoms with van der Waals surface area (Å²) >= 11 is 2.14. The van der Waals surface area contributed by atoms with Gasteiger partial charge in [0.15, 0.2) is 0 Å². The molecule has 0 aromatic heterocycles. The number of carboxylic acid groups (broad SMARTS) is 3. The molecule has 0 aliphatic heterocycles. The number of allylic oxidation sites excluding steroid dienone is 4. The normalized spacial score (nSPS) is 10.7. The van der Waals surface area contributed by atoms with Crippen LogP contribution in [0.5, 0.6) is 0 Å². The number of hydrogen-bond donors (Lipinski definition) is 0. The Labute approximate surface area is 203 Å². The summed E-state index contributed by atoms with van der Waals surface area (Å²) in [5.74, 6) is -3.39. The van der Waals surface area contributed by atoms with Gasteiger partial charge in [0, 0.05) is 0 Å². The van der Waals surface area contributed by atoms with E-state index in [1.165, 1.54) is 46.7 Å². The number of hydrogen-bond acceptors (Lipinski definition) is 6. The summed E-state index contributed by atoms with van der Waals surface area (Å²) in [6.07, 6.45) is 7.56. The van der Waals surface area contributed by atoms with Crippen LogP contribution in [-0.4, -0.2) is 17.9 Å². The van der Waals surface area contributed by atoms with Gasteiger partial charge in [0.1, 0.15) is 0 Å². The van der Waals surface area contributed by atoms with Crippen LogP contribution in [0.1, 0.15) is 37.5 Å². The molecular formula is C26H20O6Ti. The van der Waals surface area contributed by atoms with E-state index in [1.807, 2.05) is 0 Å². The van der Waals surface area contributed by atoms with E-state index in [2.05, 4.69) is 38.7 Å². The Morgan fingerprint density at radius 1 is 0.576 bits per heavy atom. The minimum atomic E-state index is -1.13. The van der Waals surface area contributed by atoms with Gasteiger partial charge in [-0.1, -0.05) is 91.0 Å². The van der Waals surface area contributed by atoms with E-state index in [9.17, 15) is 29.7 Å². The molecule has 0 spiro atoms. The Morgan fingerprint density at radius 3 is 1.00 bits per heavy atom. The summed E-state index contributed by atoms with van der Waals surface area (Å²) < 4.78 is 1.47. The summed E-state index contributed by atoms with van der Waals surface area (Å²) in [7, 11) is 0. The van der Waals surface area contributed by atoms with Crippen LogP contribution >= 0.6 is 0 Å². The second-order valence-corrected chi connectivity index (χ2v) is 7.29. The van der Waals surface area contributed by atoms with Crippen molar-refractivity contribution in [1.29, 1.82) is 0 Å². The molecule has 0 atom stereocenters. The third kappa shape index (κ3) is 12.6. The summed E-state index contributed by atoms with van der Waals surface area (Å²) in [4.78, 5) is 30.3. The van der Waals surface area contributed by atoms with E-state index in [0.717, 1.165) is 0 Å². The zero-order chi connectivity index (χ0) is 24.5. The zero-order valence-corrected chi connectivity index (χ0v) is 19.1. The molecule has 0 fully saturated rings. The van der Waals surface area contributed by atoms with Crippen molar-refractivity contribution < 1.29 is 50.1 Å². The van der Waals surface area contributed by atoms with Gasteiger partial charge < -0.3 is 29.7 Å². The van der Waals surface area contributed by atoms with Gasteiger partial charge in [-0.25, -0.2) is 0 Å². The Hall–Kier alpha value is -3.74. The molecule has 1 aliphatic rings. The summed E-state index contributed by atoms with van der Waals surface area (Å²) in [5, 5.41) is 30.3. The Balaban J connectivity index is 0.000000222. The van der Waals surface area contributed by atoms with E-state index in [0.29, 0.717) is 0 Å². The Bertz CT molecular complexity index is 944. The fraction of sp³-hybridized carbons (Fsp3) is 0.0385. The van der Waals surface area contributed by atoms with Gasteiger partial charge in [-0.2, -0.15) is 0 Å². The molecular weight excluding hydrogens is 456 g/mol. The molecule has 7 heteroatoms. The molecule has 3 aromatic rings. The van der Waals surface area contributed by atoms with E-state index >= 15 is 0 Å². The first kappa shape index (κ1) is 27.3. The first-order valence-electron chi connectivity index (χ1n) is 9.67. The third-order valence-corrected chi connectivity index (χ3v) is 4.38. The standard InChI is InChI=1S/3C7H6O2.C5H5.Ti/c3*8-7(9)6-4-2-1-3-5-6;1-2-4-5-3-1;/h3*1-5H,(H,8,9);1-3H,4H2;/q;;;;+3/p-3. The number of carboxylic acids is 3. The molecule has 4 rings (SSSR count). The van der Waals surface area contributed by atoms with Crippen molar-refractivity contribution in [2.24, 2.45) is 0 Å². The van der Waals surface area contributed by atoms with Crippen LogP contribution in [-0.2, 0) is 20.4 Å². The first-order valence-corrected chi connectivity index (χ1v) is 10.5. The minimum absolute atomic E-state index is 0.220. The van der Waals surface area contributed by atoms with Gasteiger partial charge in [0.25, 0.3) is 0 Å². The topological polar surface area (TPSA) is 120 Å². The SMILES string of the molecule is O=C([O-])c1ccccc1.O=C([O-])c1ccccc1.O=C([O-])c1ccccc1.[Ti+3][C]1=CC=CC1. The van der Waals surface area contributed by atoms with Gasteiger partial charge in [0.05, 0.1) is 17.9 Å². The molecule has 0 radical (unpaired) electrons. The van der Waals surface area contributed by atoms with Crippen molar-refractivity contribution in [3.63, 3.8) is 0 Å². The maximum absolute atomic E-state index is 10.1. The van der Waals surface area contributed by atoms with Gasteiger partial charge >= 0.3 is 49.0 Å². The summed E-state index contributed by atoms with van der Waals surface area (Å²) in [6.45, 7) is 0. The maximum atomic E-state index is 10.1. The fourth-order valence-electron chi connectivity index (χ4n) is 2.17. The van der Waals surface area contributed by atoms with Crippen molar-refractivity contribution >= 4 is 17.9 Å². The van der Waals surface area contributed by atoms with Crippen LogP contribution in [0.25, 0.3) is 0 Å². The van der Waals surface area contributed by atoms with Crippen LogP contribution < -0.4 is 15.3 Å². The van der Waals surface area contributed by atoms with Crippen molar-refractivity contribution in [3.05, 3.63) is 130 Å². The molecule has 0 amide bonds. The molecule has 0 saturated carbocycles. The van der Waals surface area contributed by atoms with E-state index in [1.54, 1.807) is 54.6 Å². The second kappa shape index (κ2) is 16.0. The van der Waals surface area contributed by atoms with E-state index in [4.69, 9.17) is 0 Å². The number of aromatic carboxylic acids is 3. The molecule has 0 bridgehead atoms. The number of carbonyl (C=O) groups excluding carboxylic acids is 3. The Kier molecular flexibility index (Phi) is 13.2. The number of carbonyl (C=O) groups is 3. The Morgan fingerprint density at radius 2 is 0.879 bits per heavy atom. The molecule has 33 heavy (non-hydrogen) atoms. The van der Waals surface area contributed by atoms with Crippen molar-refractivity contribution in [1.82, 2.24) is 0 Å². The zero-order valence-electron chi connectivity index (χ0n) is 17.5. The summed E-state index contributed by atoms with van der Waals surface area (Å²) in [6, 6.07) is 24.2. The number of benzene rings is 3. The van der Waals surface area contributed by atoms with Crippen LogP contribution in [0, 0.1) is 0 Å². The van der Waals surface area contributed by atoms with Crippen LogP contribution in [0.3, 0.4) is 0 Å². The summed E-state index contributed by atoms with van der Waals surface area (Å²) in [5.41, 5.74) is 0.660. The average molecular weight is 476 g/mol. The molecule has 0 saturated heterocycles. The quantitative estimate of drug-likeness (QED) is 0.529. The monoisotopic (exact) mass is 476 g/mol. The number of rotatable bonds is 3. The van der Waals surface area contributed by atoms with Crippen molar-refractivity contribution in [2.75, 3.05) is 0 Å². The molecule has 0 unspecified atom stereocenters. The molecule has 164 valence electrons. The third-order valence-electron chi connectivity index (χ3n) is 3.80. The molecule has 0 heterocycles. The van der Waals surface area contributed by atoms with Crippen molar-refractivity contribution in [3.8, 4) is 0 Å². The molecule has 0 N–H and O–H groups in total. The fourth-order valence-corrected chi connectivity index (χ4v) is 2.50. The predicted molar refractivity (Wildman–Crippen MR) is 114 cm³/mol. The van der Waals surface area contributed by atoms with E-state index < -0.39 is 17.9 Å². The van der Waals surface area contributed by atoms with Gasteiger partial charge in [-0.15, -0.1) is 0 Å². The van der Waals surface area contributed by atoms with Crippen LogP contribution in [0.15, 0.2) is 113 Å². The second-order valence-electron chi connectivity index (χ2n) is 6.28.